The second-order valence-electron chi connectivity index (χ2n) is 12.1. The zero-order valence-electron chi connectivity index (χ0n) is 24.4. The Labute approximate surface area is 259 Å². The first-order valence-electron chi connectivity index (χ1n) is 15.5. The molecule has 0 aliphatic carbocycles. The van der Waals surface area contributed by atoms with Crippen molar-refractivity contribution in [3.8, 4) is 22.3 Å². The van der Waals surface area contributed by atoms with E-state index in [9.17, 15) is 0 Å². The first-order valence-corrected chi connectivity index (χ1v) is 15.5. The normalized spacial score (nSPS) is 12.0. The number of furan rings is 1. The highest BCUT2D eigenvalue weighted by Gasteiger charge is 2.14. The summed E-state index contributed by atoms with van der Waals surface area (Å²) in [5, 5.41) is 14.9. The highest BCUT2D eigenvalue weighted by molar-refractivity contribution is 6.26. The second-order valence-corrected chi connectivity index (χ2v) is 12.1. The molecule has 0 saturated heterocycles. The minimum atomic E-state index is 0.929. The first kappa shape index (κ1) is 24.5. The van der Waals surface area contributed by atoms with Gasteiger partial charge in [-0.1, -0.05) is 133 Å². The lowest BCUT2D eigenvalue weighted by molar-refractivity contribution is 0.673. The average molecular weight is 571 g/mol. The third-order valence-corrected chi connectivity index (χ3v) is 9.64. The quantitative estimate of drug-likeness (QED) is 0.188. The van der Waals surface area contributed by atoms with Gasteiger partial charge in [-0.05, 0) is 95.0 Å². The van der Waals surface area contributed by atoms with E-state index >= 15 is 0 Å². The van der Waals surface area contributed by atoms with Gasteiger partial charge in [-0.2, -0.15) is 0 Å². The van der Waals surface area contributed by atoms with E-state index < -0.39 is 0 Å². The lowest BCUT2D eigenvalue weighted by Crippen LogP contribution is -1.85. The maximum absolute atomic E-state index is 6.47. The molecule has 1 aromatic heterocycles. The van der Waals surface area contributed by atoms with Crippen LogP contribution in [0.2, 0.25) is 0 Å². The summed E-state index contributed by atoms with van der Waals surface area (Å²) >= 11 is 0. The van der Waals surface area contributed by atoms with Crippen molar-refractivity contribution in [1.82, 2.24) is 0 Å². The summed E-state index contributed by atoms with van der Waals surface area (Å²) in [5.74, 6) is 0. The molecule has 0 spiro atoms. The average Bonchev–Trinajstić information content (AvgIpc) is 3.50. The maximum Gasteiger partial charge on any atom is 0.143 e. The van der Waals surface area contributed by atoms with Crippen LogP contribution in [0.15, 0.2) is 162 Å². The summed E-state index contributed by atoms with van der Waals surface area (Å²) in [6.07, 6.45) is 0. The van der Waals surface area contributed by atoms with E-state index in [1.54, 1.807) is 0 Å². The molecule has 0 bridgehead atoms. The first-order chi connectivity index (χ1) is 22.3. The van der Waals surface area contributed by atoms with E-state index in [4.69, 9.17) is 4.42 Å². The Bertz CT molecular complexity index is 2760. The molecule has 0 N–H and O–H groups in total. The fraction of sp³-hybridized carbons (Fsp3) is 0. The van der Waals surface area contributed by atoms with Crippen molar-refractivity contribution in [2.45, 2.75) is 0 Å². The van der Waals surface area contributed by atoms with Crippen LogP contribution in [0.5, 0.6) is 0 Å². The molecule has 0 amide bonds. The predicted molar refractivity (Wildman–Crippen MR) is 192 cm³/mol. The Hall–Kier alpha value is -5.92. The molecule has 0 fully saturated rings. The van der Waals surface area contributed by atoms with Crippen molar-refractivity contribution in [1.29, 1.82) is 0 Å². The van der Waals surface area contributed by atoms with Crippen LogP contribution in [-0.4, -0.2) is 0 Å². The molecular formula is C44H26O. The van der Waals surface area contributed by atoms with Gasteiger partial charge in [-0.15, -0.1) is 0 Å². The number of benzene rings is 9. The van der Waals surface area contributed by atoms with Crippen LogP contribution >= 0.6 is 0 Å². The number of rotatable bonds is 2. The largest absolute Gasteiger partial charge is 0.455 e. The predicted octanol–water partition coefficient (Wildman–Crippen LogP) is 12.7. The summed E-state index contributed by atoms with van der Waals surface area (Å²) in [5.41, 5.74) is 6.73. The van der Waals surface area contributed by atoms with E-state index in [-0.39, 0.29) is 0 Å². The van der Waals surface area contributed by atoms with Gasteiger partial charge in [0, 0.05) is 16.2 Å². The van der Waals surface area contributed by atoms with Crippen LogP contribution in [0.1, 0.15) is 0 Å². The molecule has 208 valence electrons. The van der Waals surface area contributed by atoms with Gasteiger partial charge in [0.25, 0.3) is 0 Å². The van der Waals surface area contributed by atoms with E-state index in [2.05, 4.69) is 152 Å². The topological polar surface area (TPSA) is 13.1 Å². The van der Waals surface area contributed by atoms with Gasteiger partial charge in [-0.25, -0.2) is 0 Å². The number of para-hydroxylation sites is 1. The molecule has 0 aliphatic rings. The van der Waals surface area contributed by atoms with Crippen molar-refractivity contribution in [3.05, 3.63) is 158 Å². The second kappa shape index (κ2) is 9.29. The minimum absolute atomic E-state index is 0.929. The van der Waals surface area contributed by atoms with Crippen molar-refractivity contribution < 1.29 is 4.42 Å². The van der Waals surface area contributed by atoms with Gasteiger partial charge < -0.3 is 4.42 Å². The Kier molecular flexibility index (Phi) is 5.06. The van der Waals surface area contributed by atoms with Crippen LogP contribution in [0.25, 0.3) is 98.1 Å². The summed E-state index contributed by atoms with van der Waals surface area (Å²) in [6.45, 7) is 0. The summed E-state index contributed by atoms with van der Waals surface area (Å²) in [4.78, 5) is 0. The van der Waals surface area contributed by atoms with Crippen molar-refractivity contribution in [2.24, 2.45) is 0 Å². The zero-order chi connectivity index (χ0) is 29.5. The molecule has 0 atom stereocenters. The maximum atomic E-state index is 6.47. The monoisotopic (exact) mass is 570 g/mol. The molecule has 10 rings (SSSR count). The molecule has 1 heterocycles. The summed E-state index contributed by atoms with van der Waals surface area (Å²) in [6, 6.07) is 57.4. The van der Waals surface area contributed by atoms with Crippen molar-refractivity contribution in [3.63, 3.8) is 0 Å². The number of fused-ring (bicyclic) bond motifs is 13. The van der Waals surface area contributed by atoms with Crippen LogP contribution < -0.4 is 0 Å². The van der Waals surface area contributed by atoms with Crippen LogP contribution in [-0.2, 0) is 0 Å². The van der Waals surface area contributed by atoms with Gasteiger partial charge in [-0.3, -0.25) is 0 Å². The fourth-order valence-electron chi connectivity index (χ4n) is 7.44. The lowest BCUT2D eigenvalue weighted by Gasteiger charge is -2.12. The smallest absolute Gasteiger partial charge is 0.143 e. The van der Waals surface area contributed by atoms with Crippen LogP contribution in [0, 0.1) is 0 Å². The Morgan fingerprint density at radius 2 is 0.733 bits per heavy atom. The van der Waals surface area contributed by atoms with E-state index in [0.29, 0.717) is 0 Å². The Morgan fingerprint density at radius 1 is 0.289 bits per heavy atom. The molecule has 9 aromatic carbocycles. The molecule has 0 aliphatic heterocycles. The fourth-order valence-corrected chi connectivity index (χ4v) is 7.44. The summed E-state index contributed by atoms with van der Waals surface area (Å²) < 4.78 is 6.47. The highest BCUT2D eigenvalue weighted by atomic mass is 16.3. The van der Waals surface area contributed by atoms with Crippen molar-refractivity contribution in [2.75, 3.05) is 0 Å². The van der Waals surface area contributed by atoms with Gasteiger partial charge in [0.2, 0.25) is 0 Å². The molecule has 10 aromatic rings. The summed E-state index contributed by atoms with van der Waals surface area (Å²) in [7, 11) is 0. The third kappa shape index (κ3) is 3.62. The van der Waals surface area contributed by atoms with Gasteiger partial charge in [0.1, 0.15) is 11.2 Å². The molecule has 0 radical (unpaired) electrons. The zero-order valence-corrected chi connectivity index (χ0v) is 24.4. The molecule has 1 heteroatoms. The molecule has 1 nitrogen and oxygen atoms in total. The van der Waals surface area contributed by atoms with Gasteiger partial charge in [0.05, 0.1) is 0 Å². The van der Waals surface area contributed by atoms with Gasteiger partial charge in [0.15, 0.2) is 0 Å². The van der Waals surface area contributed by atoms with E-state index in [1.165, 1.54) is 76.1 Å². The van der Waals surface area contributed by atoms with Crippen molar-refractivity contribution >= 4 is 75.8 Å². The minimum Gasteiger partial charge on any atom is -0.455 e. The van der Waals surface area contributed by atoms with Crippen LogP contribution in [0.4, 0.5) is 0 Å². The third-order valence-electron chi connectivity index (χ3n) is 9.64. The molecule has 0 saturated carbocycles. The Morgan fingerprint density at radius 3 is 1.42 bits per heavy atom. The van der Waals surface area contributed by atoms with E-state index in [1.807, 2.05) is 6.07 Å². The van der Waals surface area contributed by atoms with E-state index in [0.717, 1.165) is 21.9 Å². The SMILES string of the molecule is c1ccc2c(c1)oc1c2ccc2ccc3ccc(-c4ccc(-c5ccc6c7ccccc7c7ccccc7c6c5)cc4)cc3c21. The van der Waals surface area contributed by atoms with Gasteiger partial charge >= 0.3 is 0 Å². The Balaban J connectivity index is 1.11. The van der Waals surface area contributed by atoms with Crippen LogP contribution in [0.3, 0.4) is 0 Å². The number of hydrogen-bond acceptors (Lipinski definition) is 1. The molecular weight excluding hydrogens is 544 g/mol. The lowest BCUT2D eigenvalue weighted by atomic mass is 9.91. The number of hydrogen-bond donors (Lipinski definition) is 0. The molecule has 45 heavy (non-hydrogen) atoms. The highest BCUT2D eigenvalue weighted by Crippen LogP contribution is 2.40. The standard InChI is InChI=1S/C44H26O/c1-2-9-35-33(7-1)34-8-3-4-10-36(34)41-26-32(22-23-37(35)41)28-15-13-27(14-16-28)31-20-18-29-17-19-30-21-24-39-38-11-5-6-12-42(38)45-44(39)43(30)40(29)25-31/h1-26H. The molecule has 0 unspecified atom stereocenters.